The molecule has 122 valence electrons. The third-order valence-corrected chi connectivity index (χ3v) is 8.00. The number of ether oxygens (including phenoxy) is 1. The molecule has 3 unspecified atom stereocenters. The third kappa shape index (κ3) is 2.43. The van der Waals surface area contributed by atoms with E-state index in [1.54, 1.807) is 11.4 Å². The lowest BCUT2D eigenvalue weighted by molar-refractivity contribution is -0.141. The van der Waals surface area contributed by atoms with Crippen molar-refractivity contribution in [2.45, 2.75) is 48.4 Å². The van der Waals surface area contributed by atoms with Crippen LogP contribution in [0, 0.1) is 5.92 Å². The number of fused-ring (bicyclic) bond motifs is 1. The Morgan fingerprint density at radius 3 is 2.82 bits per heavy atom. The van der Waals surface area contributed by atoms with Crippen LogP contribution >= 0.6 is 11.3 Å². The Morgan fingerprint density at radius 1 is 1.41 bits per heavy atom. The smallest absolute Gasteiger partial charge is 0.322 e. The molecule has 2 fully saturated rings. The van der Waals surface area contributed by atoms with Gasteiger partial charge < -0.3 is 9.84 Å². The Balaban J connectivity index is 2.04. The molecule has 1 aliphatic carbocycles. The van der Waals surface area contributed by atoms with Gasteiger partial charge in [-0.25, -0.2) is 8.42 Å². The van der Waals surface area contributed by atoms with E-state index in [0.717, 1.165) is 37.0 Å². The lowest BCUT2D eigenvalue weighted by atomic mass is 9.85. The van der Waals surface area contributed by atoms with E-state index in [0.29, 0.717) is 6.42 Å². The van der Waals surface area contributed by atoms with Crippen molar-refractivity contribution in [3.63, 3.8) is 0 Å². The summed E-state index contributed by atoms with van der Waals surface area (Å²) in [7, 11) is -2.44. The molecule has 1 saturated heterocycles. The largest absolute Gasteiger partial charge is 0.494 e. The van der Waals surface area contributed by atoms with E-state index < -0.39 is 22.0 Å². The maximum atomic E-state index is 13.0. The monoisotopic (exact) mass is 345 g/mol. The molecule has 8 heteroatoms. The summed E-state index contributed by atoms with van der Waals surface area (Å²) >= 11 is 1.07. The first-order valence-corrected chi connectivity index (χ1v) is 9.66. The summed E-state index contributed by atoms with van der Waals surface area (Å²) in [6.45, 7) is 0. The quantitative estimate of drug-likeness (QED) is 0.904. The number of hydrogen-bond donors (Lipinski definition) is 1. The van der Waals surface area contributed by atoms with Gasteiger partial charge in [0.25, 0.3) is 10.0 Å². The predicted molar refractivity (Wildman–Crippen MR) is 81.7 cm³/mol. The molecule has 6 nitrogen and oxygen atoms in total. The first-order chi connectivity index (χ1) is 10.5. The van der Waals surface area contributed by atoms with Gasteiger partial charge in [-0.15, -0.1) is 11.3 Å². The Hall–Kier alpha value is -1.12. The van der Waals surface area contributed by atoms with E-state index in [2.05, 4.69) is 0 Å². The zero-order valence-electron chi connectivity index (χ0n) is 12.3. The lowest BCUT2D eigenvalue weighted by Gasteiger charge is -2.31. The van der Waals surface area contributed by atoms with E-state index in [9.17, 15) is 18.3 Å². The van der Waals surface area contributed by atoms with Crippen LogP contribution in [0.3, 0.4) is 0 Å². The molecule has 1 aromatic rings. The summed E-state index contributed by atoms with van der Waals surface area (Å²) in [5.74, 6) is -0.627. The molecule has 2 heterocycles. The van der Waals surface area contributed by atoms with Gasteiger partial charge in [0.05, 0.1) is 7.11 Å². The fourth-order valence-electron chi connectivity index (χ4n) is 3.69. The van der Waals surface area contributed by atoms with Crippen molar-refractivity contribution in [3.05, 3.63) is 11.4 Å². The Morgan fingerprint density at radius 2 is 2.14 bits per heavy atom. The van der Waals surface area contributed by atoms with Crippen molar-refractivity contribution in [2.24, 2.45) is 5.92 Å². The first kappa shape index (κ1) is 15.8. The van der Waals surface area contributed by atoms with Crippen LogP contribution in [0.15, 0.2) is 15.7 Å². The standard InChI is InChI=1S/C14H19NO5S2/c1-20-12-6-7-21-14(12)22(18,19)15-10-5-3-2-4-9(10)8-11(15)13(16)17/h6-7,9-11H,2-5,8H2,1H3,(H,16,17). The molecule has 3 atom stereocenters. The van der Waals surface area contributed by atoms with Gasteiger partial charge >= 0.3 is 5.97 Å². The maximum Gasteiger partial charge on any atom is 0.322 e. The fraction of sp³-hybridized carbons (Fsp3) is 0.643. The summed E-state index contributed by atoms with van der Waals surface area (Å²) in [4.78, 5) is 11.6. The van der Waals surface area contributed by atoms with Crippen LogP contribution in [-0.4, -0.2) is 43.0 Å². The molecule has 1 saturated carbocycles. The van der Waals surface area contributed by atoms with Crippen molar-refractivity contribution in [2.75, 3.05) is 7.11 Å². The van der Waals surface area contributed by atoms with Crippen LogP contribution in [0.25, 0.3) is 0 Å². The highest BCUT2D eigenvalue weighted by molar-refractivity contribution is 7.91. The van der Waals surface area contributed by atoms with Crippen LogP contribution < -0.4 is 4.74 Å². The summed E-state index contributed by atoms with van der Waals surface area (Å²) in [5, 5.41) is 11.1. The van der Waals surface area contributed by atoms with Gasteiger partial charge in [0.2, 0.25) is 0 Å². The number of sulfonamides is 1. The van der Waals surface area contributed by atoms with E-state index in [1.807, 2.05) is 0 Å². The average molecular weight is 345 g/mol. The molecular weight excluding hydrogens is 326 g/mol. The molecule has 1 N–H and O–H groups in total. The van der Waals surface area contributed by atoms with Crippen molar-refractivity contribution in [1.29, 1.82) is 0 Å². The van der Waals surface area contributed by atoms with Crippen LogP contribution in [0.5, 0.6) is 5.75 Å². The number of aliphatic carboxylic acids is 1. The molecule has 0 bridgehead atoms. The SMILES string of the molecule is COc1ccsc1S(=O)(=O)N1C(C(=O)O)CC2CCCCC21. The average Bonchev–Trinajstić information content (AvgIpc) is 3.11. The van der Waals surface area contributed by atoms with Crippen molar-refractivity contribution < 1.29 is 23.1 Å². The molecule has 1 aliphatic heterocycles. The Kier molecular flexibility index (Phi) is 4.17. The molecule has 0 amide bonds. The maximum absolute atomic E-state index is 13.0. The number of nitrogens with zero attached hydrogens (tertiary/aromatic N) is 1. The minimum absolute atomic E-state index is 0.104. The molecule has 0 aromatic carbocycles. The van der Waals surface area contributed by atoms with Crippen molar-refractivity contribution >= 4 is 27.3 Å². The van der Waals surface area contributed by atoms with E-state index in [1.165, 1.54) is 11.4 Å². The number of thiophene rings is 1. The summed E-state index contributed by atoms with van der Waals surface area (Å²) in [6.07, 6.45) is 4.04. The molecular formula is C14H19NO5S2. The number of carbonyl (C=O) groups is 1. The second-order valence-electron chi connectivity index (χ2n) is 5.81. The Labute approximate surface area is 133 Å². The number of hydrogen-bond acceptors (Lipinski definition) is 5. The van der Waals surface area contributed by atoms with E-state index in [-0.39, 0.29) is 21.9 Å². The zero-order valence-corrected chi connectivity index (χ0v) is 13.9. The lowest BCUT2D eigenvalue weighted by Crippen LogP contribution is -2.45. The number of carboxylic acids is 1. The summed E-state index contributed by atoms with van der Waals surface area (Å²) in [5.41, 5.74) is 0. The normalized spacial score (nSPS) is 29.2. The molecule has 1 aromatic heterocycles. The van der Waals surface area contributed by atoms with Gasteiger partial charge in [-0.3, -0.25) is 4.79 Å². The highest BCUT2D eigenvalue weighted by atomic mass is 32.2. The minimum Gasteiger partial charge on any atom is -0.494 e. The third-order valence-electron chi connectivity index (χ3n) is 4.64. The van der Waals surface area contributed by atoms with Crippen LogP contribution in [0.1, 0.15) is 32.1 Å². The second kappa shape index (κ2) is 5.82. The predicted octanol–water partition coefficient (Wildman–Crippen LogP) is 2.16. The molecule has 22 heavy (non-hydrogen) atoms. The summed E-state index contributed by atoms with van der Waals surface area (Å²) < 4.78 is 32.5. The van der Waals surface area contributed by atoms with Gasteiger partial charge in [0.1, 0.15) is 11.8 Å². The Bertz CT molecular complexity index is 669. The topological polar surface area (TPSA) is 83.9 Å². The van der Waals surface area contributed by atoms with Crippen molar-refractivity contribution in [1.82, 2.24) is 4.31 Å². The highest BCUT2D eigenvalue weighted by Gasteiger charge is 2.51. The zero-order chi connectivity index (χ0) is 15.9. The van der Waals surface area contributed by atoms with E-state index >= 15 is 0 Å². The van der Waals surface area contributed by atoms with Gasteiger partial charge in [0.15, 0.2) is 4.21 Å². The molecule has 0 spiro atoms. The number of carboxylic acid groups (broad SMARTS) is 1. The highest BCUT2D eigenvalue weighted by Crippen LogP contribution is 2.44. The first-order valence-electron chi connectivity index (χ1n) is 7.34. The van der Waals surface area contributed by atoms with Crippen molar-refractivity contribution in [3.8, 4) is 5.75 Å². The van der Waals surface area contributed by atoms with Gasteiger partial charge in [-0.2, -0.15) is 4.31 Å². The van der Waals surface area contributed by atoms with Crippen LogP contribution in [-0.2, 0) is 14.8 Å². The number of rotatable bonds is 4. The van der Waals surface area contributed by atoms with Gasteiger partial charge in [0, 0.05) is 6.04 Å². The second-order valence-corrected chi connectivity index (χ2v) is 8.77. The molecule has 3 rings (SSSR count). The van der Waals surface area contributed by atoms with Gasteiger partial charge in [-0.05, 0) is 36.6 Å². The summed E-state index contributed by atoms with van der Waals surface area (Å²) in [6, 6.07) is 0.429. The van der Waals surface area contributed by atoms with Crippen LogP contribution in [0.4, 0.5) is 0 Å². The van der Waals surface area contributed by atoms with Gasteiger partial charge in [-0.1, -0.05) is 12.8 Å². The minimum atomic E-state index is -3.86. The fourth-order valence-corrected chi connectivity index (χ4v) is 6.93. The molecule has 0 radical (unpaired) electrons. The van der Waals surface area contributed by atoms with E-state index in [4.69, 9.17) is 4.74 Å². The number of methoxy groups -OCH3 is 1. The van der Waals surface area contributed by atoms with Crippen LogP contribution in [0.2, 0.25) is 0 Å². The molecule has 2 aliphatic rings.